The zero-order chi connectivity index (χ0) is 19.3. The molecule has 0 aromatic heterocycles. The summed E-state index contributed by atoms with van der Waals surface area (Å²) in [6.07, 6.45) is -2.19. The molecular weight excluding hydrogens is 348 g/mol. The molecule has 3 heterocycles. The predicted octanol–water partition coefficient (Wildman–Crippen LogP) is 2.07. The van der Waals surface area contributed by atoms with E-state index in [9.17, 15) is 5.26 Å². The Morgan fingerprint density at radius 1 is 1.04 bits per heavy atom. The highest BCUT2D eigenvalue weighted by Crippen LogP contribution is 2.46. The lowest BCUT2D eigenvalue weighted by molar-refractivity contribution is -0.227. The lowest BCUT2D eigenvalue weighted by Gasteiger charge is -2.35. The molecule has 0 saturated carbocycles. The van der Waals surface area contributed by atoms with Crippen molar-refractivity contribution in [3.05, 3.63) is 35.9 Å². The second kappa shape index (κ2) is 6.52. The molecule has 0 spiro atoms. The SMILES string of the molecule is CC1(C)OCC([C@H]2O[C@@H]3OC(C)(C)O[C@@H]3[C@]2(C#N)NCc2ccccc2)O1. The number of nitrogens with zero attached hydrogens (tertiary/aromatic N) is 1. The van der Waals surface area contributed by atoms with Crippen molar-refractivity contribution in [2.24, 2.45) is 0 Å². The number of fused-ring (bicyclic) bond motifs is 1. The first-order valence-electron chi connectivity index (χ1n) is 9.28. The van der Waals surface area contributed by atoms with Gasteiger partial charge in [-0.05, 0) is 33.3 Å². The summed E-state index contributed by atoms with van der Waals surface area (Å²) in [5, 5.41) is 13.6. The fourth-order valence-electron chi connectivity index (χ4n) is 4.01. The van der Waals surface area contributed by atoms with Crippen molar-refractivity contribution in [2.75, 3.05) is 6.61 Å². The molecule has 1 N–H and O–H groups in total. The molecule has 27 heavy (non-hydrogen) atoms. The van der Waals surface area contributed by atoms with Crippen molar-refractivity contribution in [1.82, 2.24) is 5.32 Å². The summed E-state index contributed by atoms with van der Waals surface area (Å²) in [7, 11) is 0. The molecule has 7 heteroatoms. The van der Waals surface area contributed by atoms with Gasteiger partial charge in [0.2, 0.25) is 0 Å². The number of hydrogen-bond donors (Lipinski definition) is 1. The minimum absolute atomic E-state index is 0.344. The van der Waals surface area contributed by atoms with Crippen molar-refractivity contribution in [2.45, 2.75) is 76.0 Å². The van der Waals surface area contributed by atoms with Gasteiger partial charge in [-0.15, -0.1) is 0 Å². The zero-order valence-electron chi connectivity index (χ0n) is 16.1. The molecule has 1 aromatic rings. The van der Waals surface area contributed by atoms with E-state index in [1.807, 2.05) is 58.0 Å². The van der Waals surface area contributed by atoms with Crippen LogP contribution in [0.5, 0.6) is 0 Å². The summed E-state index contributed by atoms with van der Waals surface area (Å²) in [4.78, 5) is 0. The fourth-order valence-corrected chi connectivity index (χ4v) is 4.01. The van der Waals surface area contributed by atoms with Gasteiger partial charge in [0.05, 0.1) is 12.7 Å². The molecule has 4 rings (SSSR count). The van der Waals surface area contributed by atoms with Gasteiger partial charge in [0.15, 0.2) is 23.4 Å². The Labute approximate surface area is 159 Å². The summed E-state index contributed by atoms with van der Waals surface area (Å²) >= 11 is 0. The largest absolute Gasteiger partial charge is 0.348 e. The first kappa shape index (κ1) is 18.8. The predicted molar refractivity (Wildman–Crippen MR) is 95.2 cm³/mol. The van der Waals surface area contributed by atoms with E-state index in [0.29, 0.717) is 13.2 Å². The number of hydrogen-bond acceptors (Lipinski definition) is 7. The number of benzene rings is 1. The number of nitriles is 1. The monoisotopic (exact) mass is 374 g/mol. The molecule has 0 bridgehead atoms. The minimum Gasteiger partial charge on any atom is -0.348 e. The molecule has 146 valence electrons. The Morgan fingerprint density at radius 2 is 1.78 bits per heavy atom. The summed E-state index contributed by atoms with van der Waals surface area (Å²) in [6.45, 7) is 8.19. The van der Waals surface area contributed by atoms with E-state index in [4.69, 9.17) is 23.7 Å². The standard InChI is InChI=1S/C20H26N2O5/c1-18(2)23-11-14(25-18)15-20(12-21,22-10-13-8-6-5-7-9-13)16-17(24-15)27-19(3,4)26-16/h5-9,14-17,22H,10-11H2,1-4H3/t14?,15-,16+,17-,20-/m1/s1. The average Bonchev–Trinajstić information content (AvgIpc) is 3.22. The first-order valence-corrected chi connectivity index (χ1v) is 9.28. The van der Waals surface area contributed by atoms with Crippen LogP contribution >= 0.6 is 0 Å². The van der Waals surface area contributed by atoms with E-state index in [1.54, 1.807) is 0 Å². The van der Waals surface area contributed by atoms with Gasteiger partial charge >= 0.3 is 0 Å². The van der Waals surface area contributed by atoms with Gasteiger partial charge in [-0.1, -0.05) is 30.3 Å². The van der Waals surface area contributed by atoms with E-state index < -0.39 is 41.7 Å². The Hall–Kier alpha value is -1.53. The van der Waals surface area contributed by atoms with E-state index in [-0.39, 0.29) is 0 Å². The molecule has 3 saturated heterocycles. The quantitative estimate of drug-likeness (QED) is 0.864. The molecule has 1 unspecified atom stereocenters. The third-order valence-corrected chi connectivity index (χ3v) is 5.22. The van der Waals surface area contributed by atoms with Gasteiger partial charge < -0.3 is 23.7 Å². The van der Waals surface area contributed by atoms with Gasteiger partial charge in [-0.2, -0.15) is 5.26 Å². The molecule has 0 aliphatic carbocycles. The molecular formula is C20H26N2O5. The van der Waals surface area contributed by atoms with E-state index >= 15 is 0 Å². The highest BCUT2D eigenvalue weighted by molar-refractivity contribution is 5.26. The molecule has 7 nitrogen and oxygen atoms in total. The van der Waals surface area contributed by atoms with Gasteiger partial charge in [-0.25, -0.2) is 0 Å². The Morgan fingerprint density at radius 3 is 2.41 bits per heavy atom. The highest BCUT2D eigenvalue weighted by atomic mass is 16.8. The summed E-state index contributed by atoms with van der Waals surface area (Å²) in [5.41, 5.74) is -0.0562. The van der Waals surface area contributed by atoms with Crippen molar-refractivity contribution in [3.63, 3.8) is 0 Å². The highest BCUT2D eigenvalue weighted by Gasteiger charge is 2.67. The van der Waals surface area contributed by atoms with Gasteiger partial charge in [-0.3, -0.25) is 5.32 Å². The van der Waals surface area contributed by atoms with Crippen LogP contribution in [0.2, 0.25) is 0 Å². The van der Waals surface area contributed by atoms with E-state index in [0.717, 1.165) is 5.56 Å². The van der Waals surface area contributed by atoms with Crippen molar-refractivity contribution in [1.29, 1.82) is 5.26 Å². The van der Waals surface area contributed by atoms with E-state index in [2.05, 4.69) is 11.4 Å². The number of nitrogens with one attached hydrogen (secondary N) is 1. The van der Waals surface area contributed by atoms with Gasteiger partial charge in [0, 0.05) is 6.54 Å². The summed E-state index contributed by atoms with van der Waals surface area (Å²) < 4.78 is 29.8. The van der Waals surface area contributed by atoms with Crippen molar-refractivity contribution >= 4 is 0 Å². The lowest BCUT2D eigenvalue weighted by Crippen LogP contribution is -2.61. The van der Waals surface area contributed by atoms with Crippen LogP contribution in [0.15, 0.2) is 30.3 Å². The molecule has 1 aromatic carbocycles. The second-order valence-corrected chi connectivity index (χ2v) is 8.17. The van der Waals surface area contributed by atoms with Crippen LogP contribution in [-0.4, -0.2) is 48.3 Å². The topological polar surface area (TPSA) is 82.0 Å². The van der Waals surface area contributed by atoms with Crippen LogP contribution in [0.4, 0.5) is 0 Å². The third-order valence-electron chi connectivity index (χ3n) is 5.22. The van der Waals surface area contributed by atoms with Gasteiger partial charge in [0.1, 0.15) is 18.3 Å². The summed E-state index contributed by atoms with van der Waals surface area (Å²) in [5.74, 6) is -1.53. The van der Waals surface area contributed by atoms with Crippen LogP contribution in [-0.2, 0) is 30.2 Å². The van der Waals surface area contributed by atoms with E-state index in [1.165, 1.54) is 0 Å². The molecule has 3 aliphatic heterocycles. The molecule has 5 atom stereocenters. The van der Waals surface area contributed by atoms with Crippen LogP contribution in [0, 0.1) is 11.3 Å². The number of ether oxygens (including phenoxy) is 5. The normalized spacial score (nSPS) is 39.2. The molecule has 0 radical (unpaired) electrons. The molecule has 3 aliphatic rings. The maximum Gasteiger partial charge on any atom is 0.190 e. The van der Waals surface area contributed by atoms with Crippen molar-refractivity contribution < 1.29 is 23.7 Å². The molecule has 3 fully saturated rings. The lowest BCUT2D eigenvalue weighted by atomic mass is 9.86. The van der Waals surface area contributed by atoms with Crippen LogP contribution in [0.1, 0.15) is 33.3 Å². The third kappa shape index (κ3) is 3.38. The summed E-state index contributed by atoms with van der Waals surface area (Å²) in [6, 6.07) is 12.4. The van der Waals surface area contributed by atoms with Crippen molar-refractivity contribution in [3.8, 4) is 6.07 Å². The Bertz CT molecular complexity index is 732. The minimum atomic E-state index is -1.12. The Balaban J connectivity index is 1.63. The maximum atomic E-state index is 10.2. The second-order valence-electron chi connectivity index (χ2n) is 8.17. The average molecular weight is 374 g/mol. The van der Waals surface area contributed by atoms with Crippen LogP contribution in [0.25, 0.3) is 0 Å². The van der Waals surface area contributed by atoms with Crippen LogP contribution < -0.4 is 5.32 Å². The first-order chi connectivity index (χ1) is 12.7. The zero-order valence-corrected chi connectivity index (χ0v) is 16.1. The van der Waals surface area contributed by atoms with Crippen LogP contribution in [0.3, 0.4) is 0 Å². The fraction of sp³-hybridized carbons (Fsp3) is 0.650. The Kier molecular flexibility index (Phi) is 4.54. The molecule has 0 amide bonds. The smallest absolute Gasteiger partial charge is 0.190 e. The van der Waals surface area contributed by atoms with Gasteiger partial charge in [0.25, 0.3) is 0 Å². The number of rotatable bonds is 4. The maximum absolute atomic E-state index is 10.2.